The van der Waals surface area contributed by atoms with Gasteiger partial charge in [-0.15, -0.1) is 0 Å². The highest BCUT2D eigenvalue weighted by Gasteiger charge is 2.24. The number of fused-ring (bicyclic) bond motifs is 1. The number of carbonyl (C=O) groups excluding carboxylic acids is 1. The summed E-state index contributed by atoms with van der Waals surface area (Å²) in [4.78, 5) is 16.3. The third-order valence-electron chi connectivity index (χ3n) is 3.78. The van der Waals surface area contributed by atoms with Gasteiger partial charge in [0.15, 0.2) is 0 Å². The minimum Gasteiger partial charge on any atom is -0.493 e. The van der Waals surface area contributed by atoms with E-state index in [1.807, 2.05) is 12.1 Å². The first-order valence-electron chi connectivity index (χ1n) is 7.22. The Bertz CT molecular complexity index is 660. The maximum absolute atomic E-state index is 12.4. The SMILES string of the molecule is CC(C(=O)NC1CCCOc2cc(Cl)ccc21)n1cncn1. The van der Waals surface area contributed by atoms with Crippen LogP contribution in [-0.2, 0) is 4.79 Å². The Morgan fingerprint density at radius 3 is 3.18 bits per heavy atom. The third kappa shape index (κ3) is 3.06. The molecule has 0 fully saturated rings. The molecule has 6 nitrogen and oxygen atoms in total. The molecule has 2 aromatic rings. The Kier molecular flexibility index (Phi) is 4.29. The summed E-state index contributed by atoms with van der Waals surface area (Å²) in [5.41, 5.74) is 0.959. The molecule has 2 atom stereocenters. The van der Waals surface area contributed by atoms with E-state index >= 15 is 0 Å². The van der Waals surface area contributed by atoms with Crippen LogP contribution >= 0.6 is 11.6 Å². The van der Waals surface area contributed by atoms with Crippen molar-refractivity contribution in [1.82, 2.24) is 20.1 Å². The third-order valence-corrected chi connectivity index (χ3v) is 4.01. The second kappa shape index (κ2) is 6.36. The van der Waals surface area contributed by atoms with Crippen molar-refractivity contribution in [2.24, 2.45) is 0 Å². The molecule has 116 valence electrons. The standard InChI is InChI=1S/C15H17ClN4O2/c1-10(20-9-17-8-18-20)15(21)19-13-3-2-6-22-14-7-11(16)4-5-12(13)14/h4-5,7-10,13H,2-3,6H2,1H3,(H,19,21). The molecule has 1 aromatic carbocycles. The molecular weight excluding hydrogens is 304 g/mol. The van der Waals surface area contributed by atoms with Gasteiger partial charge < -0.3 is 10.1 Å². The highest BCUT2D eigenvalue weighted by molar-refractivity contribution is 6.30. The number of nitrogens with zero attached hydrogens (tertiary/aromatic N) is 3. The van der Waals surface area contributed by atoms with Gasteiger partial charge in [-0.1, -0.05) is 17.7 Å². The second-order valence-corrected chi connectivity index (χ2v) is 5.72. The first-order valence-corrected chi connectivity index (χ1v) is 7.59. The minimum atomic E-state index is -0.414. The van der Waals surface area contributed by atoms with Gasteiger partial charge in [0, 0.05) is 10.6 Å². The van der Waals surface area contributed by atoms with Crippen LogP contribution < -0.4 is 10.1 Å². The average molecular weight is 321 g/mol. The number of hydrogen-bond acceptors (Lipinski definition) is 4. The van der Waals surface area contributed by atoms with Crippen molar-refractivity contribution in [2.75, 3.05) is 6.61 Å². The van der Waals surface area contributed by atoms with Gasteiger partial charge in [0.1, 0.15) is 24.4 Å². The predicted octanol–water partition coefficient (Wildman–Crippen LogP) is 2.52. The smallest absolute Gasteiger partial charge is 0.245 e. The van der Waals surface area contributed by atoms with Crippen LogP contribution in [0.25, 0.3) is 0 Å². The van der Waals surface area contributed by atoms with Gasteiger partial charge in [-0.2, -0.15) is 5.10 Å². The van der Waals surface area contributed by atoms with Crippen molar-refractivity contribution in [1.29, 1.82) is 0 Å². The van der Waals surface area contributed by atoms with E-state index in [1.165, 1.54) is 17.3 Å². The summed E-state index contributed by atoms with van der Waals surface area (Å²) in [6.07, 6.45) is 4.65. The molecule has 2 heterocycles. The second-order valence-electron chi connectivity index (χ2n) is 5.29. The number of ether oxygens (including phenoxy) is 1. The molecule has 2 unspecified atom stereocenters. The number of carbonyl (C=O) groups is 1. The number of hydrogen-bond donors (Lipinski definition) is 1. The van der Waals surface area contributed by atoms with Crippen LogP contribution in [0.2, 0.25) is 5.02 Å². The van der Waals surface area contributed by atoms with Crippen molar-refractivity contribution in [3.8, 4) is 5.75 Å². The molecule has 0 radical (unpaired) electrons. The van der Waals surface area contributed by atoms with E-state index in [0.717, 1.165) is 24.2 Å². The largest absolute Gasteiger partial charge is 0.493 e. The van der Waals surface area contributed by atoms with Crippen molar-refractivity contribution < 1.29 is 9.53 Å². The predicted molar refractivity (Wildman–Crippen MR) is 81.8 cm³/mol. The summed E-state index contributed by atoms with van der Waals surface area (Å²) < 4.78 is 7.24. The Labute approximate surface area is 133 Å². The van der Waals surface area contributed by atoms with E-state index in [9.17, 15) is 4.79 Å². The number of nitrogens with one attached hydrogen (secondary N) is 1. The molecule has 0 spiro atoms. The lowest BCUT2D eigenvalue weighted by Crippen LogP contribution is -2.34. The lowest BCUT2D eigenvalue weighted by atomic mass is 10.0. The van der Waals surface area contributed by atoms with Gasteiger partial charge in [-0.05, 0) is 31.9 Å². The van der Waals surface area contributed by atoms with Crippen molar-refractivity contribution in [3.63, 3.8) is 0 Å². The summed E-state index contributed by atoms with van der Waals surface area (Å²) in [6.45, 7) is 2.42. The van der Waals surface area contributed by atoms with E-state index in [-0.39, 0.29) is 11.9 Å². The summed E-state index contributed by atoms with van der Waals surface area (Å²) >= 11 is 6.02. The zero-order valence-corrected chi connectivity index (χ0v) is 13.0. The van der Waals surface area contributed by atoms with Gasteiger partial charge in [-0.3, -0.25) is 4.79 Å². The highest BCUT2D eigenvalue weighted by Crippen LogP contribution is 2.33. The Morgan fingerprint density at radius 2 is 2.41 bits per heavy atom. The molecule has 3 rings (SSSR count). The molecule has 0 bridgehead atoms. The molecule has 0 saturated carbocycles. The van der Waals surface area contributed by atoms with Crippen LogP contribution in [0.15, 0.2) is 30.9 Å². The van der Waals surface area contributed by atoms with Crippen LogP contribution in [-0.4, -0.2) is 27.3 Å². The zero-order chi connectivity index (χ0) is 15.5. The number of halogens is 1. The van der Waals surface area contributed by atoms with Crippen LogP contribution in [0.3, 0.4) is 0 Å². The topological polar surface area (TPSA) is 69.0 Å². The van der Waals surface area contributed by atoms with Crippen LogP contribution in [0.1, 0.15) is 37.4 Å². The fraction of sp³-hybridized carbons (Fsp3) is 0.400. The zero-order valence-electron chi connectivity index (χ0n) is 12.2. The lowest BCUT2D eigenvalue weighted by molar-refractivity contribution is -0.125. The van der Waals surface area contributed by atoms with Crippen molar-refractivity contribution in [2.45, 2.75) is 31.8 Å². The molecule has 22 heavy (non-hydrogen) atoms. The molecule has 1 amide bonds. The van der Waals surface area contributed by atoms with Crippen molar-refractivity contribution in [3.05, 3.63) is 41.4 Å². The Hall–Kier alpha value is -2.08. The molecule has 1 aliphatic rings. The van der Waals surface area contributed by atoms with E-state index in [4.69, 9.17) is 16.3 Å². The number of rotatable bonds is 3. The molecule has 0 saturated heterocycles. The summed E-state index contributed by atoms with van der Waals surface area (Å²) in [7, 11) is 0. The van der Waals surface area contributed by atoms with E-state index < -0.39 is 6.04 Å². The summed E-state index contributed by atoms with van der Waals surface area (Å²) in [6, 6.07) is 5.02. The fourth-order valence-electron chi connectivity index (χ4n) is 2.53. The molecule has 0 aliphatic carbocycles. The summed E-state index contributed by atoms with van der Waals surface area (Å²) in [5, 5.41) is 7.71. The number of amides is 1. The van der Waals surface area contributed by atoms with E-state index in [2.05, 4.69) is 15.4 Å². The van der Waals surface area contributed by atoms with Gasteiger partial charge in [0.25, 0.3) is 0 Å². The molecule has 1 aliphatic heterocycles. The molecular formula is C15H17ClN4O2. The Balaban J connectivity index is 1.79. The van der Waals surface area contributed by atoms with Gasteiger partial charge in [-0.25, -0.2) is 9.67 Å². The fourth-order valence-corrected chi connectivity index (χ4v) is 2.69. The first kappa shape index (κ1) is 14.8. The van der Waals surface area contributed by atoms with E-state index in [0.29, 0.717) is 11.6 Å². The minimum absolute atomic E-state index is 0.0896. The highest BCUT2D eigenvalue weighted by atomic mass is 35.5. The molecule has 1 N–H and O–H groups in total. The normalized spacial score (nSPS) is 18.7. The maximum atomic E-state index is 12.4. The Morgan fingerprint density at radius 1 is 1.55 bits per heavy atom. The summed E-state index contributed by atoms with van der Waals surface area (Å²) in [5.74, 6) is 0.641. The van der Waals surface area contributed by atoms with Gasteiger partial charge in [0.2, 0.25) is 5.91 Å². The maximum Gasteiger partial charge on any atom is 0.245 e. The first-order chi connectivity index (χ1) is 10.6. The van der Waals surface area contributed by atoms with Crippen molar-refractivity contribution >= 4 is 17.5 Å². The molecule has 7 heteroatoms. The van der Waals surface area contributed by atoms with Gasteiger partial charge in [0.05, 0.1) is 12.6 Å². The van der Waals surface area contributed by atoms with Crippen LogP contribution in [0, 0.1) is 0 Å². The number of benzene rings is 1. The number of aromatic nitrogens is 3. The average Bonchev–Trinajstić information content (AvgIpc) is 2.97. The monoisotopic (exact) mass is 320 g/mol. The quantitative estimate of drug-likeness (QED) is 0.943. The van der Waals surface area contributed by atoms with Crippen LogP contribution in [0.4, 0.5) is 0 Å². The lowest BCUT2D eigenvalue weighted by Gasteiger charge is -2.21. The van der Waals surface area contributed by atoms with E-state index in [1.54, 1.807) is 13.0 Å². The van der Waals surface area contributed by atoms with Gasteiger partial charge >= 0.3 is 0 Å². The van der Waals surface area contributed by atoms with Crippen LogP contribution in [0.5, 0.6) is 5.75 Å². The molecule has 1 aromatic heterocycles.